The summed E-state index contributed by atoms with van der Waals surface area (Å²) in [5.41, 5.74) is 3.03. The minimum absolute atomic E-state index is 0.206. The van der Waals surface area contributed by atoms with Crippen molar-refractivity contribution in [2.45, 2.75) is 30.3 Å². The van der Waals surface area contributed by atoms with E-state index in [1.165, 1.54) is 10.5 Å². The lowest BCUT2D eigenvalue weighted by Gasteiger charge is -2.25. The minimum atomic E-state index is -3.49. The molecule has 2 aromatic carbocycles. The van der Waals surface area contributed by atoms with E-state index in [1.807, 2.05) is 54.6 Å². The van der Waals surface area contributed by atoms with Crippen molar-refractivity contribution in [3.8, 4) is 11.1 Å². The van der Waals surface area contributed by atoms with Crippen molar-refractivity contribution >= 4 is 15.8 Å². The molecule has 0 radical (unpaired) electrons. The Morgan fingerprint density at radius 1 is 0.903 bits per heavy atom. The maximum Gasteiger partial charge on any atom is 0.244 e. The third-order valence-corrected chi connectivity index (χ3v) is 7.45. The van der Waals surface area contributed by atoms with Crippen LogP contribution in [0.4, 0.5) is 5.82 Å². The normalized spacial score (nSPS) is 16.0. The lowest BCUT2D eigenvalue weighted by Crippen LogP contribution is -2.35. The number of piperidine rings is 1. The van der Waals surface area contributed by atoms with Crippen LogP contribution in [0.25, 0.3) is 11.1 Å². The van der Waals surface area contributed by atoms with Gasteiger partial charge in [-0.2, -0.15) is 4.31 Å². The number of aliphatic hydroxyl groups is 1. The molecule has 0 bridgehead atoms. The van der Waals surface area contributed by atoms with E-state index in [0.29, 0.717) is 18.9 Å². The van der Waals surface area contributed by atoms with Crippen molar-refractivity contribution in [2.75, 3.05) is 25.0 Å². The van der Waals surface area contributed by atoms with Gasteiger partial charge in [-0.1, -0.05) is 61.0 Å². The highest BCUT2D eigenvalue weighted by molar-refractivity contribution is 7.89. The highest BCUT2D eigenvalue weighted by Crippen LogP contribution is 2.23. The number of benzene rings is 2. The molecule has 1 aliphatic rings. The highest BCUT2D eigenvalue weighted by atomic mass is 32.2. The Hall–Kier alpha value is -2.74. The van der Waals surface area contributed by atoms with E-state index in [9.17, 15) is 13.5 Å². The summed E-state index contributed by atoms with van der Waals surface area (Å²) in [7, 11) is -3.49. The maximum atomic E-state index is 12.7. The van der Waals surface area contributed by atoms with Gasteiger partial charge in [0, 0.05) is 25.8 Å². The Morgan fingerprint density at radius 3 is 2.23 bits per heavy atom. The number of hydrogen-bond acceptors (Lipinski definition) is 5. The number of aromatic nitrogens is 1. The molecular weight excluding hydrogens is 410 g/mol. The van der Waals surface area contributed by atoms with Gasteiger partial charge in [-0.3, -0.25) is 0 Å². The van der Waals surface area contributed by atoms with E-state index in [2.05, 4.69) is 10.3 Å². The summed E-state index contributed by atoms with van der Waals surface area (Å²) in [6, 6.07) is 21.1. The molecule has 1 aromatic heterocycles. The lowest BCUT2D eigenvalue weighted by atomic mass is 10.0. The number of anilines is 1. The first kappa shape index (κ1) is 21.5. The van der Waals surface area contributed by atoms with Crippen LogP contribution in [0.2, 0.25) is 0 Å². The first-order chi connectivity index (χ1) is 15.0. The van der Waals surface area contributed by atoms with Crippen molar-refractivity contribution < 1.29 is 13.5 Å². The molecule has 1 unspecified atom stereocenters. The summed E-state index contributed by atoms with van der Waals surface area (Å²) in [5, 5.41) is 13.6. The number of rotatable bonds is 7. The third kappa shape index (κ3) is 5.12. The summed E-state index contributed by atoms with van der Waals surface area (Å²) >= 11 is 0. The summed E-state index contributed by atoms with van der Waals surface area (Å²) in [5.74, 6) is 0.526. The van der Waals surface area contributed by atoms with Crippen LogP contribution in [-0.4, -0.2) is 42.4 Å². The first-order valence-electron chi connectivity index (χ1n) is 10.6. The van der Waals surface area contributed by atoms with E-state index in [-0.39, 0.29) is 11.4 Å². The number of aliphatic hydroxyl groups excluding tert-OH is 1. The van der Waals surface area contributed by atoms with Crippen LogP contribution in [0.5, 0.6) is 0 Å². The van der Waals surface area contributed by atoms with Gasteiger partial charge in [-0.05, 0) is 41.7 Å². The zero-order valence-electron chi connectivity index (χ0n) is 17.3. The van der Waals surface area contributed by atoms with Gasteiger partial charge < -0.3 is 10.4 Å². The van der Waals surface area contributed by atoms with Gasteiger partial charge in [-0.15, -0.1) is 0 Å². The summed E-state index contributed by atoms with van der Waals surface area (Å²) in [6.45, 7) is 1.41. The second kappa shape index (κ2) is 9.60. The van der Waals surface area contributed by atoms with Crippen molar-refractivity contribution in [3.05, 3.63) is 78.5 Å². The molecule has 6 nitrogen and oxygen atoms in total. The fraction of sp³-hybridized carbons (Fsp3) is 0.292. The Balaban J connectivity index is 1.35. The molecule has 31 heavy (non-hydrogen) atoms. The maximum absolute atomic E-state index is 12.7. The van der Waals surface area contributed by atoms with Gasteiger partial charge in [0.15, 0.2) is 0 Å². The largest absolute Gasteiger partial charge is 0.387 e. The van der Waals surface area contributed by atoms with E-state index < -0.39 is 16.1 Å². The van der Waals surface area contributed by atoms with Gasteiger partial charge in [-0.25, -0.2) is 13.4 Å². The van der Waals surface area contributed by atoms with Gasteiger partial charge in [0.1, 0.15) is 10.7 Å². The summed E-state index contributed by atoms with van der Waals surface area (Å²) < 4.78 is 26.9. The van der Waals surface area contributed by atoms with Gasteiger partial charge in [0.05, 0.1) is 6.10 Å². The van der Waals surface area contributed by atoms with Crippen molar-refractivity contribution in [2.24, 2.45) is 0 Å². The predicted octanol–water partition coefficient (Wildman–Crippen LogP) is 4.07. The van der Waals surface area contributed by atoms with Crippen LogP contribution >= 0.6 is 0 Å². The quantitative estimate of drug-likeness (QED) is 0.582. The van der Waals surface area contributed by atoms with Crippen LogP contribution in [0.1, 0.15) is 30.9 Å². The summed E-state index contributed by atoms with van der Waals surface area (Å²) in [6.07, 6.45) is 3.55. The van der Waals surface area contributed by atoms with Gasteiger partial charge in [0.25, 0.3) is 0 Å². The Bertz CT molecular complexity index is 1080. The topological polar surface area (TPSA) is 82.5 Å². The van der Waals surface area contributed by atoms with Crippen LogP contribution in [0, 0.1) is 0 Å². The standard InChI is InChI=1S/C24H27N3O3S/c28-23(21-11-9-20(10-12-21)19-7-3-1-4-8-19)18-26-24-14-13-22(17-25-24)31(29,30)27-15-5-2-6-16-27/h1,3-4,7-14,17,23,28H,2,5-6,15-16,18H2,(H,25,26). The van der Waals surface area contributed by atoms with E-state index >= 15 is 0 Å². The number of sulfonamides is 1. The van der Waals surface area contributed by atoms with E-state index in [4.69, 9.17) is 0 Å². The van der Waals surface area contributed by atoms with Crippen LogP contribution in [-0.2, 0) is 10.0 Å². The zero-order valence-corrected chi connectivity index (χ0v) is 18.1. The minimum Gasteiger partial charge on any atom is -0.387 e. The van der Waals surface area contributed by atoms with Crippen molar-refractivity contribution in [1.82, 2.24) is 9.29 Å². The molecular formula is C24H27N3O3S. The number of pyridine rings is 1. The monoisotopic (exact) mass is 437 g/mol. The lowest BCUT2D eigenvalue weighted by molar-refractivity contribution is 0.191. The summed E-state index contributed by atoms with van der Waals surface area (Å²) in [4.78, 5) is 4.44. The molecule has 162 valence electrons. The molecule has 0 spiro atoms. The van der Waals surface area contributed by atoms with E-state index in [0.717, 1.165) is 36.0 Å². The molecule has 1 fully saturated rings. The number of hydrogen-bond donors (Lipinski definition) is 2. The number of nitrogens with zero attached hydrogens (tertiary/aromatic N) is 2. The third-order valence-electron chi connectivity index (χ3n) is 5.57. The molecule has 2 heterocycles. The van der Waals surface area contributed by atoms with Gasteiger partial charge >= 0.3 is 0 Å². The van der Waals surface area contributed by atoms with Gasteiger partial charge in [0.2, 0.25) is 10.0 Å². The first-order valence-corrected chi connectivity index (χ1v) is 12.0. The van der Waals surface area contributed by atoms with Crippen molar-refractivity contribution in [3.63, 3.8) is 0 Å². The Kier molecular flexibility index (Phi) is 6.65. The molecule has 2 N–H and O–H groups in total. The SMILES string of the molecule is O=S(=O)(c1ccc(NCC(O)c2ccc(-c3ccccc3)cc2)nc1)N1CCCCC1. The molecule has 0 amide bonds. The molecule has 3 aromatic rings. The molecule has 7 heteroatoms. The second-order valence-electron chi connectivity index (χ2n) is 7.73. The fourth-order valence-electron chi connectivity index (χ4n) is 3.74. The highest BCUT2D eigenvalue weighted by Gasteiger charge is 2.26. The Morgan fingerprint density at radius 2 is 1.58 bits per heavy atom. The second-order valence-corrected chi connectivity index (χ2v) is 9.67. The van der Waals surface area contributed by atoms with Crippen LogP contribution < -0.4 is 5.32 Å². The Labute approximate surface area is 183 Å². The van der Waals surface area contributed by atoms with Crippen molar-refractivity contribution in [1.29, 1.82) is 0 Å². The number of nitrogens with one attached hydrogen (secondary N) is 1. The van der Waals surface area contributed by atoms with E-state index in [1.54, 1.807) is 12.1 Å². The molecule has 0 aliphatic carbocycles. The molecule has 4 rings (SSSR count). The zero-order chi connectivity index (χ0) is 21.7. The average molecular weight is 438 g/mol. The molecule has 1 aliphatic heterocycles. The van der Waals surface area contributed by atoms with Crippen LogP contribution in [0.3, 0.4) is 0 Å². The molecule has 0 saturated carbocycles. The molecule has 1 saturated heterocycles. The fourth-order valence-corrected chi connectivity index (χ4v) is 5.20. The smallest absolute Gasteiger partial charge is 0.244 e. The molecule has 1 atom stereocenters. The average Bonchev–Trinajstić information content (AvgIpc) is 2.84. The van der Waals surface area contributed by atoms with Crippen LogP contribution in [0.15, 0.2) is 77.8 Å². The predicted molar refractivity (Wildman–Crippen MR) is 122 cm³/mol.